The predicted molar refractivity (Wildman–Crippen MR) is 144 cm³/mol. The van der Waals surface area contributed by atoms with Gasteiger partial charge >= 0.3 is 0 Å². The van der Waals surface area contributed by atoms with Crippen molar-refractivity contribution >= 4 is 34.3 Å². The first-order valence-electron chi connectivity index (χ1n) is 12.4. The van der Waals surface area contributed by atoms with E-state index >= 15 is 0 Å². The number of H-pyrrole nitrogens is 1. The molecule has 0 atom stereocenters. The van der Waals surface area contributed by atoms with Crippen molar-refractivity contribution in [3.63, 3.8) is 0 Å². The van der Waals surface area contributed by atoms with Gasteiger partial charge in [0.05, 0.1) is 6.54 Å². The monoisotopic (exact) mass is 495 g/mol. The zero-order chi connectivity index (χ0) is 25.6. The Morgan fingerprint density at radius 3 is 2.31 bits per heavy atom. The van der Waals surface area contributed by atoms with Crippen molar-refractivity contribution in [3.05, 3.63) is 70.9 Å². The molecule has 5 nitrogen and oxygen atoms in total. The molecule has 0 aliphatic heterocycles. The molecule has 0 saturated heterocycles. The van der Waals surface area contributed by atoms with E-state index in [1.54, 1.807) is 4.90 Å². The molecule has 6 heteroatoms. The Balaban J connectivity index is 1.79. The molecule has 188 valence electrons. The van der Waals surface area contributed by atoms with Crippen LogP contribution in [0.1, 0.15) is 52.2 Å². The number of carbonyl (C=O) groups is 2. The fourth-order valence-corrected chi connectivity index (χ4v) is 4.35. The molecule has 0 radical (unpaired) electrons. The first-order valence-corrected chi connectivity index (χ1v) is 12.7. The van der Waals surface area contributed by atoms with E-state index in [4.69, 9.17) is 11.6 Å². The van der Waals surface area contributed by atoms with Gasteiger partial charge in [0.25, 0.3) is 0 Å². The van der Waals surface area contributed by atoms with Crippen LogP contribution in [0.15, 0.2) is 54.7 Å². The van der Waals surface area contributed by atoms with Gasteiger partial charge in [0, 0.05) is 48.2 Å². The molecule has 0 aliphatic rings. The minimum absolute atomic E-state index is 0.0302. The molecular formula is C29H38ClN3O2. The average Bonchev–Trinajstić information content (AvgIpc) is 3.19. The number of nitrogens with one attached hydrogen (secondary N) is 1. The summed E-state index contributed by atoms with van der Waals surface area (Å²) in [6.07, 6.45) is 3.16. The number of fused-ring (bicyclic) bond motifs is 1. The topological polar surface area (TPSA) is 56.4 Å². The minimum Gasteiger partial charge on any atom is -0.361 e. The number of aromatic nitrogens is 1. The third-order valence-corrected chi connectivity index (χ3v) is 6.16. The molecule has 0 aliphatic carbocycles. The van der Waals surface area contributed by atoms with Crippen molar-refractivity contribution in [2.75, 3.05) is 19.6 Å². The van der Waals surface area contributed by atoms with Crippen molar-refractivity contribution in [1.82, 2.24) is 14.8 Å². The van der Waals surface area contributed by atoms with Gasteiger partial charge in [0.1, 0.15) is 0 Å². The van der Waals surface area contributed by atoms with Crippen LogP contribution in [0.3, 0.4) is 0 Å². The summed E-state index contributed by atoms with van der Waals surface area (Å²) in [5.41, 5.74) is 3.15. The molecule has 0 unspecified atom stereocenters. The molecule has 3 rings (SSSR count). The van der Waals surface area contributed by atoms with Crippen LogP contribution < -0.4 is 0 Å². The SMILES string of the molecule is CC(C)CN(CC(=O)N(CCc1c[nH]c2ccccc12)Cc1ccc(Cl)cc1)C(=O)CC(C)(C)C. The fourth-order valence-electron chi connectivity index (χ4n) is 4.22. The Bertz CT molecular complexity index is 1130. The molecular weight excluding hydrogens is 458 g/mol. The maximum atomic E-state index is 13.6. The van der Waals surface area contributed by atoms with E-state index in [2.05, 4.69) is 31.0 Å². The summed E-state index contributed by atoms with van der Waals surface area (Å²) in [4.78, 5) is 33.6. The molecule has 1 aromatic heterocycles. The van der Waals surface area contributed by atoms with Gasteiger partial charge < -0.3 is 14.8 Å². The van der Waals surface area contributed by atoms with E-state index in [0.29, 0.717) is 31.1 Å². The Morgan fingerprint density at radius 1 is 0.971 bits per heavy atom. The maximum absolute atomic E-state index is 13.6. The predicted octanol–water partition coefficient (Wildman–Crippen LogP) is 6.31. The first kappa shape index (κ1) is 26.8. The molecule has 0 fully saturated rings. The molecule has 3 aromatic rings. The van der Waals surface area contributed by atoms with Crippen molar-refractivity contribution in [1.29, 1.82) is 0 Å². The van der Waals surface area contributed by atoms with Crippen LogP contribution in [-0.4, -0.2) is 46.2 Å². The Kier molecular flexibility index (Phi) is 9.01. The molecule has 1 heterocycles. The van der Waals surface area contributed by atoms with Crippen LogP contribution in [0.4, 0.5) is 0 Å². The number of aromatic amines is 1. The van der Waals surface area contributed by atoms with E-state index < -0.39 is 0 Å². The summed E-state index contributed by atoms with van der Waals surface area (Å²) in [7, 11) is 0. The van der Waals surface area contributed by atoms with Crippen LogP contribution in [0.5, 0.6) is 0 Å². The van der Waals surface area contributed by atoms with Gasteiger partial charge in [0.15, 0.2) is 0 Å². The van der Waals surface area contributed by atoms with Gasteiger partial charge in [0.2, 0.25) is 11.8 Å². The van der Waals surface area contributed by atoms with Crippen LogP contribution in [0.2, 0.25) is 5.02 Å². The van der Waals surface area contributed by atoms with E-state index in [1.807, 2.05) is 68.3 Å². The fraction of sp³-hybridized carbons (Fsp3) is 0.448. The number of nitrogens with zero attached hydrogens (tertiary/aromatic N) is 2. The maximum Gasteiger partial charge on any atom is 0.242 e. The van der Waals surface area contributed by atoms with Crippen molar-refractivity contribution in [2.45, 2.75) is 54.0 Å². The lowest BCUT2D eigenvalue weighted by Gasteiger charge is -2.30. The molecule has 35 heavy (non-hydrogen) atoms. The molecule has 0 spiro atoms. The van der Waals surface area contributed by atoms with Crippen molar-refractivity contribution in [2.24, 2.45) is 11.3 Å². The summed E-state index contributed by atoms with van der Waals surface area (Å²) in [6.45, 7) is 12.0. The number of amides is 2. The highest BCUT2D eigenvalue weighted by Crippen LogP contribution is 2.22. The summed E-state index contributed by atoms with van der Waals surface area (Å²) in [6, 6.07) is 15.8. The van der Waals surface area contributed by atoms with Crippen LogP contribution in [-0.2, 0) is 22.6 Å². The van der Waals surface area contributed by atoms with Crippen molar-refractivity contribution < 1.29 is 9.59 Å². The molecule has 2 amide bonds. The quantitative estimate of drug-likeness (QED) is 0.358. The minimum atomic E-state index is -0.131. The van der Waals surface area contributed by atoms with Gasteiger partial charge in [-0.2, -0.15) is 0 Å². The zero-order valence-corrected chi connectivity index (χ0v) is 22.4. The summed E-state index contributed by atoms with van der Waals surface area (Å²) >= 11 is 6.07. The van der Waals surface area contributed by atoms with Gasteiger partial charge in [-0.3, -0.25) is 9.59 Å². The third kappa shape index (κ3) is 8.14. The van der Waals surface area contributed by atoms with Gasteiger partial charge in [-0.1, -0.05) is 76.6 Å². The largest absolute Gasteiger partial charge is 0.361 e. The second kappa shape index (κ2) is 11.8. The number of halogens is 1. The smallest absolute Gasteiger partial charge is 0.242 e. The highest BCUT2D eigenvalue weighted by Gasteiger charge is 2.25. The van der Waals surface area contributed by atoms with E-state index in [-0.39, 0.29) is 29.7 Å². The van der Waals surface area contributed by atoms with Crippen molar-refractivity contribution in [3.8, 4) is 0 Å². The lowest BCUT2D eigenvalue weighted by molar-refractivity contribution is -0.142. The third-order valence-electron chi connectivity index (χ3n) is 5.91. The molecule has 0 saturated carbocycles. The zero-order valence-electron chi connectivity index (χ0n) is 21.6. The van der Waals surface area contributed by atoms with Gasteiger partial charge in [-0.05, 0) is 47.1 Å². The first-order chi connectivity index (χ1) is 16.5. The summed E-state index contributed by atoms with van der Waals surface area (Å²) in [5, 5.41) is 1.84. The van der Waals surface area contributed by atoms with Crippen LogP contribution in [0, 0.1) is 11.3 Å². The number of benzene rings is 2. The summed E-state index contributed by atoms with van der Waals surface area (Å²) < 4.78 is 0. The van der Waals surface area contributed by atoms with E-state index in [0.717, 1.165) is 17.5 Å². The highest BCUT2D eigenvalue weighted by atomic mass is 35.5. The second-order valence-corrected chi connectivity index (χ2v) is 11.4. The lowest BCUT2D eigenvalue weighted by atomic mass is 9.91. The number of hydrogen-bond acceptors (Lipinski definition) is 2. The number of carbonyl (C=O) groups excluding carboxylic acids is 2. The number of rotatable bonds is 10. The summed E-state index contributed by atoms with van der Waals surface area (Å²) in [5.74, 6) is 0.271. The van der Waals surface area contributed by atoms with Gasteiger partial charge in [-0.25, -0.2) is 0 Å². The Labute approximate surface area is 214 Å². The molecule has 1 N–H and O–H groups in total. The number of para-hydroxylation sites is 1. The normalized spacial score (nSPS) is 11.7. The number of hydrogen-bond donors (Lipinski definition) is 1. The second-order valence-electron chi connectivity index (χ2n) is 11.0. The Hall–Kier alpha value is -2.79. The average molecular weight is 496 g/mol. The van der Waals surface area contributed by atoms with Crippen LogP contribution >= 0.6 is 11.6 Å². The lowest BCUT2D eigenvalue weighted by Crippen LogP contribution is -2.45. The Morgan fingerprint density at radius 2 is 1.66 bits per heavy atom. The standard InChI is InChI=1S/C29H38ClN3O2/c1-21(2)18-33(27(34)16-29(3,4)5)20-28(35)32(19-22-10-12-24(30)13-11-22)15-14-23-17-31-26-9-7-6-8-25(23)26/h6-13,17,21,31H,14-16,18-20H2,1-5H3. The van der Waals surface area contributed by atoms with E-state index in [1.165, 1.54) is 10.9 Å². The molecule has 0 bridgehead atoms. The van der Waals surface area contributed by atoms with Crippen LogP contribution in [0.25, 0.3) is 10.9 Å². The van der Waals surface area contributed by atoms with E-state index in [9.17, 15) is 9.59 Å². The highest BCUT2D eigenvalue weighted by molar-refractivity contribution is 6.30. The van der Waals surface area contributed by atoms with Gasteiger partial charge in [-0.15, -0.1) is 0 Å². The molecule has 2 aromatic carbocycles.